The molecule has 2 amide bonds. The summed E-state index contributed by atoms with van der Waals surface area (Å²) in [6, 6.07) is 11.2. The molecule has 0 spiro atoms. The van der Waals surface area contributed by atoms with Crippen LogP contribution in [0.15, 0.2) is 54.7 Å². The fourth-order valence-corrected chi connectivity index (χ4v) is 2.17. The van der Waals surface area contributed by atoms with E-state index in [1.165, 1.54) is 12.1 Å². The molecule has 0 unspecified atom stereocenters. The van der Waals surface area contributed by atoms with Crippen LogP contribution in [0.1, 0.15) is 11.3 Å². The van der Waals surface area contributed by atoms with Gasteiger partial charge in [0.15, 0.2) is 0 Å². The molecular formula is C16H13F3N4O. The van der Waals surface area contributed by atoms with Crippen molar-refractivity contribution < 1.29 is 18.0 Å². The third kappa shape index (κ3) is 3.65. The minimum atomic E-state index is -4.40. The van der Waals surface area contributed by atoms with Crippen molar-refractivity contribution in [3.63, 3.8) is 0 Å². The van der Waals surface area contributed by atoms with Crippen LogP contribution in [0, 0.1) is 0 Å². The number of nitrogens with zero attached hydrogens (tertiary/aromatic N) is 2. The first-order chi connectivity index (χ1) is 11.4. The normalized spacial score (nSPS) is 11.5. The number of amides is 2. The average Bonchev–Trinajstić information content (AvgIpc) is 2.95. The van der Waals surface area contributed by atoms with Gasteiger partial charge in [-0.1, -0.05) is 6.07 Å². The lowest BCUT2D eigenvalue weighted by molar-refractivity contribution is -0.137. The monoisotopic (exact) mass is 334 g/mol. The standard InChI is InChI=1S/C16H13F3N4O/c17-16(18,19)11-4-6-12(7-5-11)21-15(24)20-10-13-9-14-3-1-2-8-23(14)22-13/h1-9H,10H2,(H2,20,21,24). The zero-order valence-corrected chi connectivity index (χ0v) is 12.3. The lowest BCUT2D eigenvalue weighted by Crippen LogP contribution is -2.28. The molecule has 0 aliphatic heterocycles. The van der Waals surface area contributed by atoms with E-state index in [0.29, 0.717) is 5.69 Å². The second-order valence-corrected chi connectivity index (χ2v) is 5.09. The zero-order chi connectivity index (χ0) is 17.2. The Balaban J connectivity index is 1.57. The second-order valence-electron chi connectivity index (χ2n) is 5.09. The van der Waals surface area contributed by atoms with Gasteiger partial charge in [0.2, 0.25) is 0 Å². The van der Waals surface area contributed by atoms with Crippen molar-refractivity contribution in [2.24, 2.45) is 0 Å². The van der Waals surface area contributed by atoms with E-state index in [-0.39, 0.29) is 12.2 Å². The molecule has 2 heterocycles. The number of halogens is 3. The van der Waals surface area contributed by atoms with Crippen molar-refractivity contribution in [1.29, 1.82) is 0 Å². The van der Waals surface area contributed by atoms with Crippen molar-refractivity contribution in [2.75, 3.05) is 5.32 Å². The molecule has 0 saturated heterocycles. The Morgan fingerprint density at radius 2 is 1.88 bits per heavy atom. The highest BCUT2D eigenvalue weighted by molar-refractivity contribution is 5.89. The van der Waals surface area contributed by atoms with Gasteiger partial charge in [-0.15, -0.1) is 0 Å². The first-order valence-corrected chi connectivity index (χ1v) is 7.07. The average molecular weight is 334 g/mol. The Morgan fingerprint density at radius 3 is 2.54 bits per heavy atom. The van der Waals surface area contributed by atoms with E-state index < -0.39 is 17.8 Å². The molecule has 3 rings (SSSR count). The molecule has 0 fully saturated rings. The van der Waals surface area contributed by atoms with Crippen LogP contribution in [0.25, 0.3) is 5.52 Å². The van der Waals surface area contributed by atoms with Gasteiger partial charge >= 0.3 is 12.2 Å². The molecule has 124 valence electrons. The third-order valence-corrected chi connectivity index (χ3v) is 3.32. The van der Waals surface area contributed by atoms with E-state index in [1.807, 2.05) is 24.3 Å². The highest BCUT2D eigenvalue weighted by Crippen LogP contribution is 2.29. The summed E-state index contributed by atoms with van der Waals surface area (Å²) in [6.07, 6.45) is -2.61. The van der Waals surface area contributed by atoms with Crippen LogP contribution in [-0.4, -0.2) is 15.6 Å². The summed E-state index contributed by atoms with van der Waals surface area (Å²) < 4.78 is 39.1. The Morgan fingerprint density at radius 1 is 1.12 bits per heavy atom. The van der Waals surface area contributed by atoms with E-state index in [9.17, 15) is 18.0 Å². The van der Waals surface area contributed by atoms with Crippen LogP contribution in [0.5, 0.6) is 0 Å². The Bertz CT molecular complexity index is 823. The summed E-state index contributed by atoms with van der Waals surface area (Å²) in [6.45, 7) is 0.203. The fraction of sp³-hybridized carbons (Fsp3) is 0.125. The molecule has 0 bridgehead atoms. The molecule has 8 heteroatoms. The second kappa shape index (κ2) is 6.23. The van der Waals surface area contributed by atoms with Crippen LogP contribution in [0.2, 0.25) is 0 Å². The van der Waals surface area contributed by atoms with Crippen molar-refractivity contribution in [3.8, 4) is 0 Å². The molecule has 2 N–H and O–H groups in total. The van der Waals surface area contributed by atoms with Gasteiger partial charge in [-0.25, -0.2) is 9.31 Å². The molecule has 1 aromatic carbocycles. The Labute approximate surface area is 135 Å². The van der Waals surface area contributed by atoms with E-state index >= 15 is 0 Å². The quantitative estimate of drug-likeness (QED) is 0.768. The van der Waals surface area contributed by atoms with Gasteiger partial charge in [-0.3, -0.25) is 0 Å². The van der Waals surface area contributed by atoms with E-state index in [4.69, 9.17) is 0 Å². The maximum atomic E-state index is 12.5. The number of pyridine rings is 1. The lowest BCUT2D eigenvalue weighted by Gasteiger charge is -2.09. The number of rotatable bonds is 3. The molecule has 5 nitrogen and oxygen atoms in total. The Hall–Kier alpha value is -3.03. The summed E-state index contributed by atoms with van der Waals surface area (Å²) in [5.74, 6) is 0. The largest absolute Gasteiger partial charge is 0.416 e. The number of hydrogen-bond donors (Lipinski definition) is 2. The molecule has 0 saturated carbocycles. The van der Waals surface area contributed by atoms with Gasteiger partial charge in [-0.2, -0.15) is 18.3 Å². The first-order valence-electron chi connectivity index (χ1n) is 7.07. The van der Waals surface area contributed by atoms with Crippen LogP contribution in [0.4, 0.5) is 23.7 Å². The molecule has 0 aliphatic carbocycles. The predicted octanol–water partition coefficient (Wildman–Crippen LogP) is 3.67. The topological polar surface area (TPSA) is 58.4 Å². The van der Waals surface area contributed by atoms with Crippen molar-refractivity contribution in [2.45, 2.75) is 12.7 Å². The van der Waals surface area contributed by atoms with Gasteiger partial charge in [-0.05, 0) is 42.5 Å². The van der Waals surface area contributed by atoms with Gasteiger partial charge in [0.25, 0.3) is 0 Å². The Kier molecular flexibility index (Phi) is 4.11. The van der Waals surface area contributed by atoms with E-state index in [1.54, 1.807) is 10.7 Å². The van der Waals surface area contributed by atoms with Gasteiger partial charge in [0.1, 0.15) is 0 Å². The highest BCUT2D eigenvalue weighted by Gasteiger charge is 2.29. The van der Waals surface area contributed by atoms with Crippen molar-refractivity contribution in [1.82, 2.24) is 14.9 Å². The smallest absolute Gasteiger partial charge is 0.332 e. The third-order valence-electron chi connectivity index (χ3n) is 3.32. The molecule has 3 aromatic rings. The number of carbonyl (C=O) groups excluding carboxylic acids is 1. The highest BCUT2D eigenvalue weighted by atomic mass is 19.4. The number of anilines is 1. The molecule has 0 atom stereocenters. The predicted molar refractivity (Wildman–Crippen MR) is 82.5 cm³/mol. The lowest BCUT2D eigenvalue weighted by atomic mass is 10.2. The van der Waals surface area contributed by atoms with Crippen molar-refractivity contribution >= 4 is 17.2 Å². The SMILES string of the molecule is O=C(NCc1cc2ccccn2n1)Nc1ccc(C(F)(F)F)cc1. The summed E-state index contributed by atoms with van der Waals surface area (Å²) in [5, 5.41) is 9.36. The van der Waals surface area contributed by atoms with E-state index in [0.717, 1.165) is 17.6 Å². The number of alkyl halides is 3. The van der Waals surface area contributed by atoms with E-state index in [2.05, 4.69) is 15.7 Å². The molecule has 2 aromatic heterocycles. The summed E-state index contributed by atoms with van der Waals surface area (Å²) in [7, 11) is 0. The number of nitrogens with one attached hydrogen (secondary N) is 2. The van der Waals surface area contributed by atoms with Crippen LogP contribution < -0.4 is 10.6 Å². The maximum Gasteiger partial charge on any atom is 0.416 e. The van der Waals surface area contributed by atoms with Crippen molar-refractivity contribution in [3.05, 3.63) is 66.0 Å². The number of hydrogen-bond acceptors (Lipinski definition) is 2. The minimum Gasteiger partial charge on any atom is -0.332 e. The number of fused-ring (bicyclic) bond motifs is 1. The van der Waals surface area contributed by atoms with Gasteiger partial charge in [0.05, 0.1) is 23.3 Å². The van der Waals surface area contributed by atoms with Crippen LogP contribution >= 0.6 is 0 Å². The molecular weight excluding hydrogens is 321 g/mol. The van der Waals surface area contributed by atoms with Gasteiger partial charge in [0, 0.05) is 11.9 Å². The zero-order valence-electron chi connectivity index (χ0n) is 12.3. The molecule has 24 heavy (non-hydrogen) atoms. The minimum absolute atomic E-state index is 0.203. The number of benzene rings is 1. The fourth-order valence-electron chi connectivity index (χ4n) is 2.17. The van der Waals surface area contributed by atoms with Crippen LogP contribution in [-0.2, 0) is 12.7 Å². The number of urea groups is 1. The molecule has 0 aliphatic rings. The number of carbonyl (C=O) groups is 1. The summed E-state index contributed by atoms with van der Waals surface area (Å²) >= 11 is 0. The maximum absolute atomic E-state index is 12.5. The first kappa shape index (κ1) is 15.9. The number of aromatic nitrogens is 2. The molecule has 0 radical (unpaired) electrons. The summed E-state index contributed by atoms with van der Waals surface area (Å²) in [4.78, 5) is 11.8. The van der Waals surface area contributed by atoms with Gasteiger partial charge < -0.3 is 10.6 Å². The van der Waals surface area contributed by atoms with Crippen LogP contribution in [0.3, 0.4) is 0 Å². The summed E-state index contributed by atoms with van der Waals surface area (Å²) in [5.41, 5.74) is 1.08.